The topological polar surface area (TPSA) is 30.7 Å². The quantitative estimate of drug-likeness (QED) is 0.689. The summed E-state index contributed by atoms with van der Waals surface area (Å²) in [5.74, 6) is 3.17. The maximum Gasteiger partial charge on any atom is 0.148 e. The van der Waals surface area contributed by atoms with Crippen molar-refractivity contribution in [2.75, 3.05) is 0 Å². The third-order valence-corrected chi connectivity index (χ3v) is 3.83. The lowest BCUT2D eigenvalue weighted by Gasteiger charge is -2.16. The Morgan fingerprint density at radius 3 is 2.65 bits per heavy atom. The molecule has 2 rings (SSSR count). The Labute approximate surface area is 109 Å². The zero-order chi connectivity index (χ0) is 12.3. The average Bonchev–Trinajstić information content (AvgIpc) is 3.11. The van der Waals surface area contributed by atoms with Crippen LogP contribution in [0.25, 0.3) is 0 Å². The number of alkyl halides is 1. The lowest BCUT2D eigenvalue weighted by Crippen LogP contribution is -2.10. The number of halogens is 1. The second-order valence-electron chi connectivity index (χ2n) is 4.96. The van der Waals surface area contributed by atoms with Crippen LogP contribution in [0.4, 0.5) is 0 Å². The fraction of sp³-hybridized carbons (Fsp3) is 0.846. The highest BCUT2D eigenvalue weighted by Gasteiger charge is 2.31. The summed E-state index contributed by atoms with van der Waals surface area (Å²) in [5, 5.41) is 8.65. The van der Waals surface area contributed by atoms with E-state index in [1.807, 2.05) is 0 Å². The van der Waals surface area contributed by atoms with Crippen molar-refractivity contribution in [3.05, 3.63) is 11.6 Å². The molecule has 0 aliphatic heterocycles. The molecule has 1 fully saturated rings. The summed E-state index contributed by atoms with van der Waals surface area (Å²) in [6.07, 6.45) is 7.41. The first-order valence-corrected chi connectivity index (χ1v) is 7.34. The maximum atomic E-state index is 5.95. The highest BCUT2D eigenvalue weighted by atomic mass is 35.5. The monoisotopic (exact) mass is 255 g/mol. The molecule has 4 heteroatoms. The number of aromatic nitrogens is 3. The standard InChI is InChI=1S/C13H22ClN3/c1-3-5-6-10(4-2)13-16-15-12(9-14)17(13)11-7-8-11/h10-11H,3-9H2,1-2H3. The molecule has 0 N–H and O–H groups in total. The van der Waals surface area contributed by atoms with Crippen LogP contribution in [0, 0.1) is 0 Å². The molecule has 1 heterocycles. The van der Waals surface area contributed by atoms with E-state index in [1.54, 1.807) is 0 Å². The predicted molar refractivity (Wildman–Crippen MR) is 70.4 cm³/mol. The van der Waals surface area contributed by atoms with Crippen LogP contribution in [-0.2, 0) is 5.88 Å². The van der Waals surface area contributed by atoms with E-state index in [-0.39, 0.29) is 0 Å². The normalized spacial score (nSPS) is 17.4. The molecule has 0 radical (unpaired) electrons. The molecule has 3 nitrogen and oxygen atoms in total. The molecular formula is C13H22ClN3. The Hall–Kier alpha value is -0.570. The molecule has 96 valence electrons. The van der Waals surface area contributed by atoms with Crippen LogP contribution >= 0.6 is 11.6 Å². The summed E-state index contributed by atoms with van der Waals surface area (Å²) in [5.41, 5.74) is 0. The molecule has 0 aromatic carbocycles. The van der Waals surface area contributed by atoms with E-state index in [1.165, 1.54) is 37.9 Å². The third kappa shape index (κ3) is 2.82. The second-order valence-corrected chi connectivity index (χ2v) is 5.22. The van der Waals surface area contributed by atoms with Gasteiger partial charge in [-0.25, -0.2) is 0 Å². The van der Waals surface area contributed by atoms with Crippen LogP contribution in [0.3, 0.4) is 0 Å². The molecule has 1 aliphatic carbocycles. The fourth-order valence-electron chi connectivity index (χ4n) is 2.40. The molecule has 0 bridgehead atoms. The average molecular weight is 256 g/mol. The van der Waals surface area contributed by atoms with Crippen molar-refractivity contribution in [3.8, 4) is 0 Å². The Kier molecular flexibility index (Phi) is 4.43. The van der Waals surface area contributed by atoms with Crippen LogP contribution in [0.2, 0.25) is 0 Å². The number of hydrogen-bond acceptors (Lipinski definition) is 2. The van der Waals surface area contributed by atoms with Crippen LogP contribution in [-0.4, -0.2) is 14.8 Å². The molecule has 0 saturated heterocycles. The number of hydrogen-bond donors (Lipinski definition) is 0. The predicted octanol–water partition coefficient (Wildman–Crippen LogP) is 4.04. The smallest absolute Gasteiger partial charge is 0.148 e. The zero-order valence-corrected chi connectivity index (χ0v) is 11.6. The second kappa shape index (κ2) is 5.85. The summed E-state index contributed by atoms with van der Waals surface area (Å²) in [6.45, 7) is 4.48. The van der Waals surface area contributed by atoms with Crippen molar-refractivity contribution in [3.63, 3.8) is 0 Å². The SMILES string of the molecule is CCCCC(CC)c1nnc(CCl)n1C1CC1. The Bertz CT molecular complexity index is 358. The van der Waals surface area contributed by atoms with Crippen molar-refractivity contribution in [2.24, 2.45) is 0 Å². The van der Waals surface area contributed by atoms with E-state index < -0.39 is 0 Å². The summed E-state index contributed by atoms with van der Waals surface area (Å²) < 4.78 is 2.32. The van der Waals surface area contributed by atoms with E-state index in [2.05, 4.69) is 28.6 Å². The van der Waals surface area contributed by atoms with Gasteiger partial charge in [-0.1, -0.05) is 26.7 Å². The molecule has 1 saturated carbocycles. The van der Waals surface area contributed by atoms with Crippen LogP contribution in [0.5, 0.6) is 0 Å². The van der Waals surface area contributed by atoms with Gasteiger partial charge in [0.15, 0.2) is 0 Å². The lowest BCUT2D eigenvalue weighted by molar-refractivity contribution is 0.508. The van der Waals surface area contributed by atoms with E-state index >= 15 is 0 Å². The Morgan fingerprint density at radius 2 is 2.12 bits per heavy atom. The largest absolute Gasteiger partial charge is 0.311 e. The van der Waals surface area contributed by atoms with Gasteiger partial charge in [0, 0.05) is 12.0 Å². The first kappa shape index (κ1) is 12.9. The molecule has 0 spiro atoms. The van der Waals surface area contributed by atoms with Crippen molar-refractivity contribution < 1.29 is 0 Å². The van der Waals surface area contributed by atoms with Gasteiger partial charge in [-0.05, 0) is 25.7 Å². The summed E-state index contributed by atoms with van der Waals surface area (Å²) >= 11 is 5.95. The number of unbranched alkanes of at least 4 members (excludes halogenated alkanes) is 1. The summed E-state index contributed by atoms with van der Waals surface area (Å²) in [7, 11) is 0. The van der Waals surface area contributed by atoms with Crippen LogP contribution in [0.1, 0.15) is 76.0 Å². The van der Waals surface area contributed by atoms with E-state index in [4.69, 9.17) is 11.6 Å². The van der Waals surface area contributed by atoms with Gasteiger partial charge in [-0.2, -0.15) is 0 Å². The molecule has 1 aliphatic rings. The molecule has 1 atom stereocenters. The van der Waals surface area contributed by atoms with Crippen LogP contribution < -0.4 is 0 Å². The van der Waals surface area contributed by atoms with Crippen molar-refractivity contribution in [1.82, 2.24) is 14.8 Å². The van der Waals surface area contributed by atoms with Crippen molar-refractivity contribution in [2.45, 2.75) is 70.2 Å². The summed E-state index contributed by atoms with van der Waals surface area (Å²) in [4.78, 5) is 0. The first-order valence-electron chi connectivity index (χ1n) is 6.81. The summed E-state index contributed by atoms with van der Waals surface area (Å²) in [6, 6.07) is 0.629. The van der Waals surface area contributed by atoms with Gasteiger partial charge in [0.05, 0.1) is 5.88 Å². The number of nitrogens with zero attached hydrogens (tertiary/aromatic N) is 3. The first-order chi connectivity index (χ1) is 8.31. The molecule has 1 unspecified atom stereocenters. The maximum absolute atomic E-state index is 5.95. The van der Waals surface area contributed by atoms with Gasteiger partial charge in [-0.3, -0.25) is 0 Å². The Morgan fingerprint density at radius 1 is 1.35 bits per heavy atom. The molecule has 1 aromatic rings. The van der Waals surface area contributed by atoms with Crippen LogP contribution in [0.15, 0.2) is 0 Å². The van der Waals surface area contributed by atoms with Gasteiger partial charge in [0.2, 0.25) is 0 Å². The minimum absolute atomic E-state index is 0.480. The van der Waals surface area contributed by atoms with Gasteiger partial charge >= 0.3 is 0 Å². The van der Waals surface area contributed by atoms with Gasteiger partial charge < -0.3 is 4.57 Å². The molecule has 1 aromatic heterocycles. The van der Waals surface area contributed by atoms with Gasteiger partial charge in [0.25, 0.3) is 0 Å². The fourth-order valence-corrected chi connectivity index (χ4v) is 2.59. The minimum Gasteiger partial charge on any atom is -0.311 e. The van der Waals surface area contributed by atoms with Crippen molar-refractivity contribution >= 4 is 11.6 Å². The third-order valence-electron chi connectivity index (χ3n) is 3.59. The van der Waals surface area contributed by atoms with E-state index in [9.17, 15) is 0 Å². The van der Waals surface area contributed by atoms with Crippen molar-refractivity contribution in [1.29, 1.82) is 0 Å². The molecule has 0 amide bonds. The Balaban J connectivity index is 2.20. The lowest BCUT2D eigenvalue weighted by atomic mass is 9.98. The minimum atomic E-state index is 0.480. The zero-order valence-electron chi connectivity index (χ0n) is 10.8. The number of rotatable bonds is 7. The van der Waals surface area contributed by atoms with E-state index in [0.717, 1.165) is 12.2 Å². The van der Waals surface area contributed by atoms with Gasteiger partial charge in [0.1, 0.15) is 11.6 Å². The van der Waals surface area contributed by atoms with Gasteiger partial charge in [-0.15, -0.1) is 21.8 Å². The molecule has 17 heavy (non-hydrogen) atoms. The highest BCUT2D eigenvalue weighted by Crippen LogP contribution is 2.39. The van der Waals surface area contributed by atoms with E-state index in [0.29, 0.717) is 17.8 Å². The molecular weight excluding hydrogens is 234 g/mol. The highest BCUT2D eigenvalue weighted by molar-refractivity contribution is 6.16.